The Hall–Kier alpha value is -1.32. The summed E-state index contributed by atoms with van der Waals surface area (Å²) in [7, 11) is 0. The average molecular weight is 212 g/mol. The van der Waals surface area contributed by atoms with E-state index in [0.29, 0.717) is 10.6 Å². The second kappa shape index (κ2) is 4.26. The number of nitrogens with two attached hydrogens (primary N) is 1. The van der Waals surface area contributed by atoms with Gasteiger partial charge in [0, 0.05) is 5.02 Å². The van der Waals surface area contributed by atoms with Gasteiger partial charge in [0.25, 0.3) is 0 Å². The molecule has 0 heterocycles. The molecule has 0 aliphatic heterocycles. The van der Waals surface area contributed by atoms with Crippen LogP contribution in [0, 0.1) is 0 Å². The molecule has 1 rings (SSSR count). The summed E-state index contributed by atoms with van der Waals surface area (Å²) in [5, 5.41) is 9.13. The Morgan fingerprint density at radius 1 is 1.50 bits per heavy atom. The number of rotatable bonds is 3. The lowest BCUT2D eigenvalue weighted by molar-refractivity contribution is -0.132. The van der Waals surface area contributed by atoms with Crippen LogP contribution in [0.4, 0.5) is 0 Å². The van der Waals surface area contributed by atoms with Crippen LogP contribution in [0.5, 0.6) is 0 Å². The lowest BCUT2D eigenvalue weighted by Crippen LogP contribution is -2.18. The fraction of sp³-hybridized carbons (Fsp3) is 0.100. The first-order valence-electron chi connectivity index (χ1n) is 3.96. The molecular weight excluding hydrogens is 202 g/mol. The average Bonchev–Trinajstić information content (AvgIpc) is 2.16. The smallest absolute Gasteiger partial charge is 0.332 e. The van der Waals surface area contributed by atoms with Gasteiger partial charge >= 0.3 is 5.97 Å². The van der Waals surface area contributed by atoms with E-state index in [-0.39, 0.29) is 5.57 Å². The van der Waals surface area contributed by atoms with Crippen molar-refractivity contribution in [3.05, 3.63) is 47.0 Å². The summed E-state index contributed by atoms with van der Waals surface area (Å²) < 4.78 is 0. The van der Waals surface area contributed by atoms with Crippen molar-refractivity contribution in [2.45, 2.75) is 6.04 Å². The molecule has 0 spiro atoms. The molecule has 3 nitrogen and oxygen atoms in total. The largest absolute Gasteiger partial charge is 0.478 e. The Balaban J connectivity index is 3.01. The predicted octanol–water partition coefficient (Wildman–Crippen LogP) is 1.98. The highest BCUT2D eigenvalue weighted by atomic mass is 35.5. The zero-order valence-electron chi connectivity index (χ0n) is 7.40. The molecule has 14 heavy (non-hydrogen) atoms. The molecule has 0 saturated carbocycles. The highest BCUT2D eigenvalue weighted by Gasteiger charge is 2.17. The molecular formula is C10H10ClNO2. The van der Waals surface area contributed by atoms with Crippen molar-refractivity contribution in [3.63, 3.8) is 0 Å². The van der Waals surface area contributed by atoms with Crippen LogP contribution in [0.25, 0.3) is 0 Å². The number of aliphatic carboxylic acids is 1. The van der Waals surface area contributed by atoms with Crippen molar-refractivity contribution in [1.29, 1.82) is 0 Å². The molecule has 0 unspecified atom stereocenters. The maximum Gasteiger partial charge on any atom is 0.332 e. The van der Waals surface area contributed by atoms with Gasteiger partial charge in [-0.05, 0) is 11.6 Å². The van der Waals surface area contributed by atoms with Gasteiger partial charge in [-0.3, -0.25) is 0 Å². The third-order valence-electron chi connectivity index (χ3n) is 1.89. The number of carbonyl (C=O) groups is 1. The van der Waals surface area contributed by atoms with Crippen LogP contribution in [0.3, 0.4) is 0 Å². The summed E-state index contributed by atoms with van der Waals surface area (Å²) in [4.78, 5) is 10.6. The first-order chi connectivity index (χ1) is 6.54. The van der Waals surface area contributed by atoms with Crippen molar-refractivity contribution in [1.82, 2.24) is 0 Å². The maximum absolute atomic E-state index is 10.6. The zero-order chi connectivity index (χ0) is 10.7. The number of carboxylic acids is 1. The van der Waals surface area contributed by atoms with Crippen LogP contribution in [0.2, 0.25) is 5.02 Å². The topological polar surface area (TPSA) is 63.3 Å². The van der Waals surface area contributed by atoms with Gasteiger partial charge in [-0.1, -0.05) is 36.4 Å². The normalized spacial score (nSPS) is 12.1. The third kappa shape index (κ3) is 2.13. The number of halogens is 1. The van der Waals surface area contributed by atoms with Gasteiger partial charge in [-0.25, -0.2) is 4.79 Å². The third-order valence-corrected chi connectivity index (χ3v) is 2.23. The van der Waals surface area contributed by atoms with Gasteiger partial charge in [0.05, 0.1) is 11.6 Å². The second-order valence-electron chi connectivity index (χ2n) is 2.83. The molecule has 0 aliphatic carbocycles. The van der Waals surface area contributed by atoms with E-state index in [2.05, 4.69) is 6.58 Å². The van der Waals surface area contributed by atoms with Gasteiger partial charge in [0.1, 0.15) is 0 Å². The van der Waals surface area contributed by atoms with E-state index in [1.807, 2.05) is 0 Å². The molecule has 4 heteroatoms. The van der Waals surface area contributed by atoms with Crippen molar-refractivity contribution in [2.75, 3.05) is 0 Å². The minimum atomic E-state index is -1.11. The van der Waals surface area contributed by atoms with Crippen molar-refractivity contribution in [2.24, 2.45) is 5.73 Å². The van der Waals surface area contributed by atoms with Gasteiger partial charge < -0.3 is 10.8 Å². The predicted molar refractivity (Wildman–Crippen MR) is 55.2 cm³/mol. The molecule has 74 valence electrons. The highest BCUT2D eigenvalue weighted by Crippen LogP contribution is 2.25. The number of hydrogen-bond acceptors (Lipinski definition) is 2. The van der Waals surface area contributed by atoms with Crippen molar-refractivity contribution in [3.8, 4) is 0 Å². The van der Waals surface area contributed by atoms with E-state index in [4.69, 9.17) is 22.4 Å². The van der Waals surface area contributed by atoms with Gasteiger partial charge in [0.2, 0.25) is 0 Å². The Morgan fingerprint density at radius 2 is 2.07 bits per heavy atom. The SMILES string of the molecule is C=C(C(=O)O)[C@@H](N)c1ccccc1Cl. The molecule has 0 aromatic heterocycles. The summed E-state index contributed by atoms with van der Waals surface area (Å²) in [5.74, 6) is -1.11. The second-order valence-corrected chi connectivity index (χ2v) is 3.24. The van der Waals surface area contributed by atoms with Crippen LogP contribution in [-0.4, -0.2) is 11.1 Å². The molecule has 1 aromatic carbocycles. The van der Waals surface area contributed by atoms with E-state index in [9.17, 15) is 4.79 Å². The maximum atomic E-state index is 10.6. The molecule has 0 saturated heterocycles. The minimum Gasteiger partial charge on any atom is -0.478 e. The molecule has 0 radical (unpaired) electrons. The lowest BCUT2D eigenvalue weighted by atomic mass is 10.0. The summed E-state index contributed by atoms with van der Waals surface area (Å²) in [6, 6.07) is 6.08. The first kappa shape index (κ1) is 10.8. The highest BCUT2D eigenvalue weighted by molar-refractivity contribution is 6.31. The van der Waals surface area contributed by atoms with Crippen LogP contribution in [-0.2, 0) is 4.79 Å². The summed E-state index contributed by atoms with van der Waals surface area (Å²) in [6.45, 7) is 3.39. The molecule has 0 bridgehead atoms. The fourth-order valence-corrected chi connectivity index (χ4v) is 1.30. The fourth-order valence-electron chi connectivity index (χ4n) is 1.05. The van der Waals surface area contributed by atoms with Crippen LogP contribution >= 0.6 is 11.6 Å². The Bertz CT molecular complexity index is 376. The lowest BCUT2D eigenvalue weighted by Gasteiger charge is -2.12. The van der Waals surface area contributed by atoms with Crippen LogP contribution in [0.15, 0.2) is 36.4 Å². The van der Waals surface area contributed by atoms with E-state index in [0.717, 1.165) is 0 Å². The standard InChI is InChI=1S/C10H10ClNO2/c1-6(10(13)14)9(12)7-4-2-3-5-8(7)11/h2-5,9H,1,12H2,(H,13,14)/t9-/m1/s1. The van der Waals surface area contributed by atoms with Crippen molar-refractivity contribution >= 4 is 17.6 Å². The molecule has 1 atom stereocenters. The molecule has 3 N–H and O–H groups in total. The van der Waals surface area contributed by atoms with E-state index < -0.39 is 12.0 Å². The van der Waals surface area contributed by atoms with Crippen LogP contribution in [0.1, 0.15) is 11.6 Å². The van der Waals surface area contributed by atoms with Gasteiger partial charge in [-0.2, -0.15) is 0 Å². The van der Waals surface area contributed by atoms with E-state index in [1.54, 1.807) is 24.3 Å². The number of hydrogen-bond donors (Lipinski definition) is 2. The Morgan fingerprint density at radius 3 is 2.57 bits per heavy atom. The minimum absolute atomic E-state index is 0.0712. The quantitative estimate of drug-likeness (QED) is 0.752. The van der Waals surface area contributed by atoms with E-state index in [1.165, 1.54) is 0 Å². The zero-order valence-corrected chi connectivity index (χ0v) is 8.16. The van der Waals surface area contributed by atoms with Crippen LogP contribution < -0.4 is 5.73 Å². The Labute approximate surface area is 86.8 Å². The van der Waals surface area contributed by atoms with Crippen molar-refractivity contribution < 1.29 is 9.90 Å². The first-order valence-corrected chi connectivity index (χ1v) is 4.34. The summed E-state index contributed by atoms with van der Waals surface area (Å²) >= 11 is 5.85. The molecule has 1 aromatic rings. The molecule has 0 fully saturated rings. The number of benzene rings is 1. The summed E-state index contributed by atoms with van der Waals surface area (Å²) in [5.41, 5.74) is 6.18. The summed E-state index contributed by atoms with van der Waals surface area (Å²) in [6.07, 6.45) is 0. The monoisotopic (exact) mass is 211 g/mol. The van der Waals surface area contributed by atoms with E-state index >= 15 is 0 Å². The molecule has 0 amide bonds. The van der Waals surface area contributed by atoms with Gasteiger partial charge in [0.15, 0.2) is 0 Å². The molecule has 0 aliphatic rings. The Kier molecular flexibility index (Phi) is 3.28. The number of carboxylic acid groups (broad SMARTS) is 1. The van der Waals surface area contributed by atoms with Gasteiger partial charge in [-0.15, -0.1) is 0 Å².